The minimum absolute atomic E-state index is 0.0801. The Hall–Kier alpha value is -2.76. The van der Waals surface area contributed by atoms with Crippen molar-refractivity contribution in [3.63, 3.8) is 0 Å². The van der Waals surface area contributed by atoms with Crippen molar-refractivity contribution in [2.75, 3.05) is 18.0 Å². The number of fused-ring (bicyclic) bond motifs is 1. The quantitative estimate of drug-likeness (QED) is 0.681. The zero-order valence-electron chi connectivity index (χ0n) is 16.9. The van der Waals surface area contributed by atoms with Gasteiger partial charge < -0.3 is 4.90 Å². The number of aryl methyl sites for hydroxylation is 1. The molecule has 6 heteroatoms. The molecule has 0 N–H and O–H groups in total. The molecule has 5 rings (SSSR count). The maximum absolute atomic E-state index is 12.9. The van der Waals surface area contributed by atoms with Crippen molar-refractivity contribution >= 4 is 16.7 Å². The van der Waals surface area contributed by atoms with Crippen LogP contribution in [0.1, 0.15) is 49.5 Å². The third kappa shape index (κ3) is 3.52. The monoisotopic (exact) mass is 389 g/mol. The average Bonchev–Trinajstić information content (AvgIpc) is 2.71. The fourth-order valence-corrected chi connectivity index (χ4v) is 4.56. The lowest BCUT2D eigenvalue weighted by molar-refractivity contribution is 0.347. The van der Waals surface area contributed by atoms with Crippen molar-refractivity contribution in [2.24, 2.45) is 5.92 Å². The molecule has 1 aromatic carbocycles. The van der Waals surface area contributed by atoms with Gasteiger partial charge in [0.1, 0.15) is 18.0 Å². The molecule has 1 aliphatic heterocycles. The molecule has 0 atom stereocenters. The summed E-state index contributed by atoms with van der Waals surface area (Å²) in [6, 6.07) is 9.80. The lowest BCUT2D eigenvalue weighted by Crippen LogP contribution is -2.37. The number of hydrogen-bond donors (Lipinski definition) is 0. The number of benzene rings is 1. The largest absolute Gasteiger partial charge is 0.356 e. The molecule has 0 spiro atoms. The second kappa shape index (κ2) is 7.58. The molecule has 0 unspecified atom stereocenters. The Morgan fingerprint density at radius 1 is 1.07 bits per heavy atom. The van der Waals surface area contributed by atoms with E-state index in [0.717, 1.165) is 49.6 Å². The second-order valence-electron chi connectivity index (χ2n) is 8.45. The summed E-state index contributed by atoms with van der Waals surface area (Å²) in [5.41, 5.74) is 2.07. The van der Waals surface area contributed by atoms with Gasteiger partial charge in [0.15, 0.2) is 0 Å². The Bertz CT molecular complexity index is 1080. The van der Waals surface area contributed by atoms with E-state index in [2.05, 4.69) is 25.9 Å². The highest BCUT2D eigenvalue weighted by Gasteiger charge is 2.25. The number of aromatic nitrogens is 4. The molecule has 1 aliphatic carbocycles. The average molecular weight is 390 g/mol. The van der Waals surface area contributed by atoms with Gasteiger partial charge in [-0.15, -0.1) is 0 Å². The zero-order valence-corrected chi connectivity index (χ0v) is 16.9. The summed E-state index contributed by atoms with van der Waals surface area (Å²) in [6.07, 6.45) is 7.67. The number of nitrogens with zero attached hydrogens (tertiary/aromatic N) is 5. The van der Waals surface area contributed by atoms with Gasteiger partial charge in [0.05, 0.1) is 10.9 Å². The SMILES string of the molecule is Cc1nc2ccccc2c(=O)n1CC1CCN(c2cc(C3CCC3)ncn2)CC1. The Labute approximate surface area is 170 Å². The lowest BCUT2D eigenvalue weighted by Gasteiger charge is -2.34. The van der Waals surface area contributed by atoms with Crippen molar-refractivity contribution in [1.29, 1.82) is 0 Å². The standard InChI is InChI=1S/C23H27N5O/c1-16-26-20-8-3-2-7-19(20)23(29)28(16)14-17-9-11-27(12-10-17)22-13-21(24-15-25-22)18-5-4-6-18/h2-3,7-8,13,15,17-18H,4-6,9-12,14H2,1H3. The van der Waals surface area contributed by atoms with Crippen LogP contribution in [0.4, 0.5) is 5.82 Å². The summed E-state index contributed by atoms with van der Waals surface area (Å²) >= 11 is 0. The predicted octanol–water partition coefficient (Wildman–Crippen LogP) is 3.68. The third-order valence-corrected chi connectivity index (χ3v) is 6.63. The van der Waals surface area contributed by atoms with Crippen LogP contribution in [0.15, 0.2) is 41.5 Å². The van der Waals surface area contributed by atoms with Gasteiger partial charge in [-0.1, -0.05) is 18.6 Å². The summed E-state index contributed by atoms with van der Waals surface area (Å²) in [5.74, 6) is 2.97. The van der Waals surface area contributed by atoms with Gasteiger partial charge in [-0.25, -0.2) is 15.0 Å². The van der Waals surface area contributed by atoms with Crippen LogP contribution in [0.3, 0.4) is 0 Å². The summed E-state index contributed by atoms with van der Waals surface area (Å²) in [5, 5.41) is 0.708. The van der Waals surface area contributed by atoms with E-state index in [0.29, 0.717) is 17.2 Å². The van der Waals surface area contributed by atoms with Gasteiger partial charge in [0.2, 0.25) is 0 Å². The molecule has 0 radical (unpaired) electrons. The molecule has 2 fully saturated rings. The summed E-state index contributed by atoms with van der Waals surface area (Å²) in [6.45, 7) is 4.63. The van der Waals surface area contributed by atoms with E-state index in [9.17, 15) is 4.79 Å². The van der Waals surface area contributed by atoms with Gasteiger partial charge >= 0.3 is 0 Å². The lowest BCUT2D eigenvalue weighted by atomic mass is 9.83. The highest BCUT2D eigenvalue weighted by Crippen LogP contribution is 2.36. The molecule has 0 bridgehead atoms. The third-order valence-electron chi connectivity index (χ3n) is 6.63. The van der Waals surface area contributed by atoms with Crippen molar-refractivity contribution in [3.8, 4) is 0 Å². The van der Waals surface area contributed by atoms with E-state index in [1.54, 1.807) is 6.33 Å². The summed E-state index contributed by atoms with van der Waals surface area (Å²) < 4.78 is 1.86. The zero-order chi connectivity index (χ0) is 19.8. The molecule has 6 nitrogen and oxygen atoms in total. The fraction of sp³-hybridized carbons (Fsp3) is 0.478. The van der Waals surface area contributed by atoms with Crippen LogP contribution in [0.5, 0.6) is 0 Å². The number of para-hydroxylation sites is 1. The van der Waals surface area contributed by atoms with Gasteiger partial charge in [-0.3, -0.25) is 9.36 Å². The molecular weight excluding hydrogens is 362 g/mol. The smallest absolute Gasteiger partial charge is 0.261 e. The van der Waals surface area contributed by atoms with Gasteiger partial charge in [-0.2, -0.15) is 0 Å². The number of rotatable bonds is 4. The van der Waals surface area contributed by atoms with E-state index in [1.165, 1.54) is 25.0 Å². The molecule has 2 aromatic heterocycles. The summed E-state index contributed by atoms with van der Waals surface area (Å²) in [4.78, 5) is 29.0. The van der Waals surface area contributed by atoms with Crippen LogP contribution < -0.4 is 10.5 Å². The molecule has 0 amide bonds. The van der Waals surface area contributed by atoms with E-state index < -0.39 is 0 Å². The Balaban J connectivity index is 1.28. The van der Waals surface area contributed by atoms with Crippen LogP contribution in [-0.2, 0) is 6.54 Å². The van der Waals surface area contributed by atoms with Crippen LogP contribution in [0.25, 0.3) is 10.9 Å². The van der Waals surface area contributed by atoms with Gasteiger partial charge in [-0.05, 0) is 50.7 Å². The van der Waals surface area contributed by atoms with Crippen molar-refractivity contribution < 1.29 is 0 Å². The van der Waals surface area contributed by atoms with Gasteiger partial charge in [0, 0.05) is 37.3 Å². The fourth-order valence-electron chi connectivity index (χ4n) is 4.56. The molecular formula is C23H27N5O. The van der Waals surface area contributed by atoms with Crippen molar-refractivity contribution in [3.05, 3.63) is 58.5 Å². The Morgan fingerprint density at radius 3 is 2.62 bits per heavy atom. The van der Waals surface area contributed by atoms with E-state index >= 15 is 0 Å². The van der Waals surface area contributed by atoms with Crippen LogP contribution in [-0.4, -0.2) is 32.6 Å². The highest BCUT2D eigenvalue weighted by atomic mass is 16.1. The van der Waals surface area contributed by atoms with E-state index in [4.69, 9.17) is 0 Å². The first-order valence-electron chi connectivity index (χ1n) is 10.7. The van der Waals surface area contributed by atoms with Crippen LogP contribution >= 0.6 is 0 Å². The molecule has 3 heterocycles. The Morgan fingerprint density at radius 2 is 1.86 bits per heavy atom. The molecule has 29 heavy (non-hydrogen) atoms. The maximum Gasteiger partial charge on any atom is 0.261 e. The maximum atomic E-state index is 12.9. The first-order valence-corrected chi connectivity index (χ1v) is 10.7. The molecule has 2 aliphatic rings. The number of piperidine rings is 1. The minimum atomic E-state index is 0.0801. The topological polar surface area (TPSA) is 63.9 Å². The molecule has 3 aromatic rings. The first kappa shape index (κ1) is 18.3. The number of hydrogen-bond acceptors (Lipinski definition) is 5. The number of anilines is 1. The second-order valence-corrected chi connectivity index (χ2v) is 8.45. The van der Waals surface area contributed by atoms with Crippen LogP contribution in [0.2, 0.25) is 0 Å². The molecule has 1 saturated carbocycles. The van der Waals surface area contributed by atoms with Gasteiger partial charge in [0.25, 0.3) is 5.56 Å². The molecule has 150 valence electrons. The van der Waals surface area contributed by atoms with Crippen molar-refractivity contribution in [1.82, 2.24) is 19.5 Å². The normalized spacial score (nSPS) is 18.2. The highest BCUT2D eigenvalue weighted by molar-refractivity contribution is 5.77. The van der Waals surface area contributed by atoms with Crippen LogP contribution in [0, 0.1) is 12.8 Å². The Kier molecular flexibility index (Phi) is 4.78. The molecule has 1 saturated heterocycles. The minimum Gasteiger partial charge on any atom is -0.356 e. The summed E-state index contributed by atoms with van der Waals surface area (Å²) in [7, 11) is 0. The van der Waals surface area contributed by atoms with E-state index in [1.807, 2.05) is 35.8 Å². The van der Waals surface area contributed by atoms with Crippen molar-refractivity contribution in [2.45, 2.75) is 51.5 Å². The van der Waals surface area contributed by atoms with E-state index in [-0.39, 0.29) is 5.56 Å². The predicted molar refractivity (Wildman–Crippen MR) is 114 cm³/mol. The first-order chi connectivity index (χ1) is 14.2.